The molecular weight excluding hydrogens is 314 g/mol. The summed E-state index contributed by atoms with van der Waals surface area (Å²) >= 11 is 5.63. The molecule has 1 aliphatic carbocycles. The molecule has 0 bridgehead atoms. The summed E-state index contributed by atoms with van der Waals surface area (Å²) in [6, 6.07) is 15.0. The summed E-state index contributed by atoms with van der Waals surface area (Å²) in [6.07, 6.45) is 8.76. The van der Waals surface area contributed by atoms with E-state index in [9.17, 15) is 0 Å². The van der Waals surface area contributed by atoms with E-state index in [1.807, 2.05) is 30.6 Å². The van der Waals surface area contributed by atoms with Crippen LogP contribution in [0.2, 0.25) is 0 Å². The summed E-state index contributed by atoms with van der Waals surface area (Å²) in [7, 11) is 0. The van der Waals surface area contributed by atoms with Gasteiger partial charge in [0.1, 0.15) is 0 Å². The number of aromatic nitrogens is 1. The van der Waals surface area contributed by atoms with Gasteiger partial charge in [-0.05, 0) is 54.2 Å². The maximum Gasteiger partial charge on any atom is 0.167 e. The molecule has 1 heterocycles. The number of benzene rings is 1. The molecule has 0 amide bonds. The first-order valence-corrected chi connectivity index (χ1v) is 9.17. The number of nitrogens with one attached hydrogen (secondary N) is 2. The average molecular weight is 340 g/mol. The Morgan fingerprint density at radius 3 is 2.42 bits per heavy atom. The first-order chi connectivity index (χ1) is 11.7. The Morgan fingerprint density at radius 1 is 1.04 bits per heavy atom. The molecule has 2 N–H and O–H groups in total. The van der Waals surface area contributed by atoms with Crippen molar-refractivity contribution in [3.63, 3.8) is 0 Å². The van der Waals surface area contributed by atoms with Crippen LogP contribution in [0.4, 0.5) is 0 Å². The van der Waals surface area contributed by atoms with Gasteiger partial charge in [-0.3, -0.25) is 4.98 Å². The van der Waals surface area contributed by atoms with Crippen LogP contribution >= 0.6 is 12.2 Å². The Balaban J connectivity index is 1.73. The molecule has 1 aromatic carbocycles. The van der Waals surface area contributed by atoms with E-state index in [1.165, 1.54) is 31.2 Å². The lowest BCUT2D eigenvalue weighted by atomic mass is 9.86. The normalized spacial score (nSPS) is 21.7. The first kappa shape index (κ1) is 16.9. The van der Waals surface area contributed by atoms with Gasteiger partial charge >= 0.3 is 0 Å². The predicted octanol–water partition coefficient (Wildman–Crippen LogP) is 4.21. The Hall–Kier alpha value is -1.94. The van der Waals surface area contributed by atoms with Crippen molar-refractivity contribution in [2.24, 2.45) is 5.92 Å². The fourth-order valence-corrected chi connectivity index (χ4v) is 3.70. The Morgan fingerprint density at radius 2 is 1.71 bits per heavy atom. The van der Waals surface area contributed by atoms with Gasteiger partial charge in [0.15, 0.2) is 5.11 Å². The van der Waals surface area contributed by atoms with Gasteiger partial charge in [-0.2, -0.15) is 0 Å². The zero-order valence-electron chi connectivity index (χ0n) is 14.1. The van der Waals surface area contributed by atoms with Crippen LogP contribution in [0.3, 0.4) is 0 Å². The molecule has 4 heteroatoms. The molecule has 0 saturated heterocycles. The lowest BCUT2D eigenvalue weighted by Gasteiger charge is -2.32. The largest absolute Gasteiger partial charge is 0.360 e. The minimum Gasteiger partial charge on any atom is -0.360 e. The molecule has 1 fully saturated rings. The predicted molar refractivity (Wildman–Crippen MR) is 103 cm³/mol. The fraction of sp³-hybridized carbons (Fsp3) is 0.400. The van der Waals surface area contributed by atoms with E-state index < -0.39 is 0 Å². The van der Waals surface area contributed by atoms with Crippen LogP contribution in [0.15, 0.2) is 54.9 Å². The molecule has 126 valence electrons. The van der Waals surface area contributed by atoms with Crippen LogP contribution in [0.5, 0.6) is 0 Å². The SMILES string of the molecule is C[C@@H]1CCCC[C@H]1NC(=S)N[C@@H](c1ccccc1)c1ccncc1. The van der Waals surface area contributed by atoms with Crippen LogP contribution in [-0.2, 0) is 0 Å². The second kappa shape index (κ2) is 8.25. The summed E-state index contributed by atoms with van der Waals surface area (Å²) in [5, 5.41) is 7.79. The van der Waals surface area contributed by atoms with E-state index in [2.05, 4.69) is 46.8 Å². The second-order valence-corrected chi connectivity index (χ2v) is 7.02. The third kappa shape index (κ3) is 4.32. The van der Waals surface area contributed by atoms with E-state index in [4.69, 9.17) is 12.2 Å². The van der Waals surface area contributed by atoms with E-state index in [0.717, 1.165) is 10.7 Å². The Labute approximate surface area is 149 Å². The van der Waals surface area contributed by atoms with Crippen molar-refractivity contribution < 1.29 is 0 Å². The number of thiocarbonyl (C=S) groups is 1. The quantitative estimate of drug-likeness (QED) is 0.818. The van der Waals surface area contributed by atoms with Gasteiger partial charge in [0.2, 0.25) is 0 Å². The van der Waals surface area contributed by atoms with Crippen molar-refractivity contribution >= 4 is 17.3 Å². The highest BCUT2D eigenvalue weighted by atomic mass is 32.1. The molecule has 3 rings (SSSR count). The third-order valence-corrected chi connectivity index (χ3v) is 5.11. The van der Waals surface area contributed by atoms with Crippen molar-refractivity contribution in [1.82, 2.24) is 15.6 Å². The molecule has 1 aromatic heterocycles. The lowest BCUT2D eigenvalue weighted by Crippen LogP contribution is -2.47. The summed E-state index contributed by atoms with van der Waals surface area (Å²) in [5.74, 6) is 0.676. The monoisotopic (exact) mass is 339 g/mol. The van der Waals surface area contributed by atoms with Gasteiger partial charge in [-0.1, -0.05) is 50.1 Å². The molecule has 2 aromatic rings. The fourth-order valence-electron chi connectivity index (χ4n) is 3.43. The first-order valence-electron chi connectivity index (χ1n) is 8.76. The van der Waals surface area contributed by atoms with Gasteiger partial charge in [0, 0.05) is 18.4 Å². The van der Waals surface area contributed by atoms with Gasteiger partial charge < -0.3 is 10.6 Å². The maximum atomic E-state index is 5.63. The van der Waals surface area contributed by atoms with Crippen molar-refractivity contribution in [1.29, 1.82) is 0 Å². The molecule has 0 aliphatic heterocycles. The van der Waals surface area contributed by atoms with E-state index in [1.54, 1.807) is 0 Å². The van der Waals surface area contributed by atoms with Gasteiger partial charge in [-0.25, -0.2) is 0 Å². The molecule has 1 aliphatic rings. The second-order valence-electron chi connectivity index (χ2n) is 6.61. The summed E-state index contributed by atoms with van der Waals surface area (Å²) in [4.78, 5) is 4.13. The highest BCUT2D eigenvalue weighted by Crippen LogP contribution is 2.24. The minimum atomic E-state index is 0.0353. The van der Waals surface area contributed by atoms with Gasteiger partial charge in [0.25, 0.3) is 0 Å². The molecule has 1 saturated carbocycles. The summed E-state index contributed by atoms with van der Waals surface area (Å²) in [5.41, 5.74) is 2.36. The van der Waals surface area contributed by atoms with Crippen molar-refractivity contribution in [2.45, 2.75) is 44.7 Å². The number of hydrogen-bond acceptors (Lipinski definition) is 2. The van der Waals surface area contributed by atoms with Gasteiger partial charge in [-0.15, -0.1) is 0 Å². The highest BCUT2D eigenvalue weighted by Gasteiger charge is 2.23. The summed E-state index contributed by atoms with van der Waals surface area (Å²) < 4.78 is 0. The zero-order chi connectivity index (χ0) is 16.8. The Bertz CT molecular complexity index is 605. The number of pyridine rings is 1. The van der Waals surface area contributed by atoms with Gasteiger partial charge in [0.05, 0.1) is 6.04 Å². The molecule has 3 nitrogen and oxygen atoms in total. The molecule has 3 atom stereocenters. The molecule has 0 unspecified atom stereocenters. The number of nitrogens with zero attached hydrogens (tertiary/aromatic N) is 1. The highest BCUT2D eigenvalue weighted by molar-refractivity contribution is 7.80. The lowest BCUT2D eigenvalue weighted by molar-refractivity contribution is 0.307. The molecule has 24 heavy (non-hydrogen) atoms. The Kier molecular flexibility index (Phi) is 5.81. The molecular formula is C20H25N3S. The number of rotatable bonds is 4. The van der Waals surface area contributed by atoms with E-state index in [0.29, 0.717) is 12.0 Å². The smallest absolute Gasteiger partial charge is 0.167 e. The molecule has 0 radical (unpaired) electrons. The van der Waals surface area contributed by atoms with Crippen LogP contribution in [0.1, 0.15) is 49.8 Å². The average Bonchev–Trinajstić information content (AvgIpc) is 2.63. The molecule has 0 spiro atoms. The topological polar surface area (TPSA) is 37.0 Å². The van der Waals surface area contributed by atoms with E-state index >= 15 is 0 Å². The van der Waals surface area contributed by atoms with Crippen LogP contribution in [0, 0.1) is 5.92 Å². The maximum absolute atomic E-state index is 5.63. The standard InChI is InChI=1S/C20H25N3S/c1-15-7-5-6-10-18(15)22-20(24)23-19(16-8-3-2-4-9-16)17-11-13-21-14-12-17/h2-4,8-9,11-15,18-19H,5-7,10H2,1H3,(H2,22,23,24)/t15-,18-,19+/m1/s1. The van der Waals surface area contributed by atoms with Crippen molar-refractivity contribution in [3.05, 3.63) is 66.0 Å². The van der Waals surface area contributed by atoms with Crippen molar-refractivity contribution in [2.75, 3.05) is 0 Å². The van der Waals surface area contributed by atoms with Crippen LogP contribution < -0.4 is 10.6 Å². The zero-order valence-corrected chi connectivity index (χ0v) is 14.9. The van der Waals surface area contributed by atoms with Crippen molar-refractivity contribution in [3.8, 4) is 0 Å². The number of hydrogen-bond donors (Lipinski definition) is 2. The minimum absolute atomic E-state index is 0.0353. The summed E-state index contributed by atoms with van der Waals surface area (Å²) in [6.45, 7) is 2.32. The third-order valence-electron chi connectivity index (χ3n) is 4.88. The van der Waals surface area contributed by atoms with E-state index in [-0.39, 0.29) is 6.04 Å². The van der Waals surface area contributed by atoms with Crippen LogP contribution in [0.25, 0.3) is 0 Å². The van der Waals surface area contributed by atoms with Crippen LogP contribution in [-0.4, -0.2) is 16.1 Å².